The first-order valence-corrected chi connectivity index (χ1v) is 35.5. The minimum Gasteiger partial charge on any atom is -0.310 e. The lowest BCUT2D eigenvalue weighted by molar-refractivity contribution is 1.28. The molecule has 0 aromatic heterocycles. The molecule has 0 spiro atoms. The Morgan fingerprint density at radius 1 is 0.156 bits per heavy atom. The van der Waals surface area contributed by atoms with Crippen LogP contribution in [0.3, 0.4) is 0 Å². The molecule has 16 aromatic rings. The maximum Gasteiger partial charge on any atom is 0.0472 e. The summed E-state index contributed by atoms with van der Waals surface area (Å²) in [7, 11) is 0. The molecular formula is C88H62Br5N3. The van der Waals surface area contributed by atoms with Gasteiger partial charge in [0.05, 0.1) is 0 Å². The van der Waals surface area contributed by atoms with E-state index in [1.54, 1.807) is 0 Å². The average molecular weight is 1560 g/mol. The highest BCUT2D eigenvalue weighted by molar-refractivity contribution is 9.11. The van der Waals surface area contributed by atoms with Crippen LogP contribution < -0.4 is 14.7 Å². The summed E-state index contributed by atoms with van der Waals surface area (Å²) in [5.41, 5.74) is 15.0. The lowest BCUT2D eigenvalue weighted by Crippen LogP contribution is -2.09. The number of halogens is 5. The van der Waals surface area contributed by atoms with E-state index in [0.29, 0.717) is 0 Å². The van der Waals surface area contributed by atoms with Gasteiger partial charge in [-0.25, -0.2) is 0 Å². The number of fused-ring (bicyclic) bond motifs is 4. The van der Waals surface area contributed by atoms with Gasteiger partial charge in [0.2, 0.25) is 0 Å². The van der Waals surface area contributed by atoms with Crippen LogP contribution in [-0.4, -0.2) is 0 Å². The average Bonchev–Trinajstić information content (AvgIpc) is 0.733. The molecule has 0 N–H and O–H groups in total. The van der Waals surface area contributed by atoms with Crippen LogP contribution in [0.1, 0.15) is 0 Å². The molecular weight excluding hydrogens is 1500 g/mol. The molecule has 16 aromatic carbocycles. The van der Waals surface area contributed by atoms with E-state index >= 15 is 0 Å². The van der Waals surface area contributed by atoms with E-state index in [4.69, 9.17) is 0 Å². The van der Waals surface area contributed by atoms with Gasteiger partial charge in [-0.2, -0.15) is 0 Å². The zero-order chi connectivity index (χ0) is 65.6. The van der Waals surface area contributed by atoms with E-state index in [-0.39, 0.29) is 0 Å². The number of nitrogens with zero attached hydrogens (tertiary/aromatic N) is 3. The van der Waals surface area contributed by atoms with Crippen molar-refractivity contribution in [2.75, 3.05) is 14.7 Å². The fourth-order valence-corrected chi connectivity index (χ4v) is 15.1. The van der Waals surface area contributed by atoms with Crippen molar-refractivity contribution in [1.82, 2.24) is 0 Å². The molecule has 0 atom stereocenters. The van der Waals surface area contributed by atoms with Crippen molar-refractivity contribution in [2.45, 2.75) is 0 Å². The quantitative estimate of drug-likeness (QED) is 0.120. The first-order valence-electron chi connectivity index (χ1n) is 31.5. The van der Waals surface area contributed by atoms with E-state index in [0.717, 1.165) is 64.6 Å². The second-order valence-corrected chi connectivity index (χ2v) is 26.9. The number of rotatable bonds is 11. The third kappa shape index (κ3) is 14.9. The fourth-order valence-electron chi connectivity index (χ4n) is 12.3. The van der Waals surface area contributed by atoms with Crippen molar-refractivity contribution in [3.8, 4) is 22.3 Å². The Hall–Kier alpha value is -9.64. The highest BCUT2D eigenvalue weighted by Crippen LogP contribution is 2.47. The van der Waals surface area contributed by atoms with Crippen LogP contribution in [0.4, 0.5) is 51.2 Å². The monoisotopic (exact) mass is 1560 g/mol. The van der Waals surface area contributed by atoms with Crippen LogP contribution in [-0.2, 0) is 0 Å². The number of hydrogen-bond acceptors (Lipinski definition) is 3. The van der Waals surface area contributed by atoms with Crippen LogP contribution >= 0.6 is 79.6 Å². The highest BCUT2D eigenvalue weighted by atomic mass is 79.9. The molecule has 0 fully saturated rings. The third-order valence-corrected chi connectivity index (χ3v) is 19.6. The predicted molar refractivity (Wildman–Crippen MR) is 429 cm³/mol. The van der Waals surface area contributed by atoms with Gasteiger partial charge in [-0.15, -0.1) is 0 Å². The van der Waals surface area contributed by atoms with E-state index in [1.807, 2.05) is 42.5 Å². The summed E-state index contributed by atoms with van der Waals surface area (Å²) in [4.78, 5) is 6.91. The topological polar surface area (TPSA) is 9.72 Å². The van der Waals surface area contributed by atoms with E-state index in [9.17, 15) is 0 Å². The van der Waals surface area contributed by atoms with E-state index in [1.165, 1.54) is 74.3 Å². The second kappa shape index (κ2) is 31.3. The molecule has 0 radical (unpaired) electrons. The van der Waals surface area contributed by atoms with Crippen molar-refractivity contribution in [1.29, 1.82) is 0 Å². The predicted octanol–water partition coefficient (Wildman–Crippen LogP) is 28.9. The first-order chi connectivity index (χ1) is 47.3. The Labute approximate surface area is 603 Å². The van der Waals surface area contributed by atoms with Crippen LogP contribution in [0, 0.1) is 0 Å². The molecule has 0 aliphatic heterocycles. The minimum atomic E-state index is 1.08. The van der Waals surface area contributed by atoms with Gasteiger partial charge in [-0.05, 0) is 231 Å². The second-order valence-electron chi connectivity index (χ2n) is 22.6. The molecule has 0 saturated carbocycles. The van der Waals surface area contributed by atoms with Crippen LogP contribution in [0.2, 0.25) is 0 Å². The van der Waals surface area contributed by atoms with Crippen LogP contribution in [0.5, 0.6) is 0 Å². The Morgan fingerprint density at radius 3 is 0.594 bits per heavy atom. The van der Waals surface area contributed by atoms with Crippen LogP contribution in [0.15, 0.2) is 398 Å². The molecule has 464 valence electrons. The summed E-state index contributed by atoms with van der Waals surface area (Å²) in [6.45, 7) is 0. The molecule has 0 amide bonds. The Balaban J connectivity index is 0.000000152. The van der Waals surface area contributed by atoms with Gasteiger partial charge >= 0.3 is 0 Å². The highest BCUT2D eigenvalue weighted by Gasteiger charge is 2.21. The van der Waals surface area contributed by atoms with Gasteiger partial charge in [0.25, 0.3) is 0 Å². The van der Waals surface area contributed by atoms with Gasteiger partial charge in [-0.1, -0.05) is 290 Å². The summed E-state index contributed by atoms with van der Waals surface area (Å²) in [5.74, 6) is 0. The zero-order valence-corrected chi connectivity index (χ0v) is 60.0. The van der Waals surface area contributed by atoms with Gasteiger partial charge in [0, 0.05) is 73.6 Å². The molecule has 8 heteroatoms. The summed E-state index contributed by atoms with van der Waals surface area (Å²) in [6, 6.07) is 132. The number of para-hydroxylation sites is 6. The van der Waals surface area contributed by atoms with Crippen molar-refractivity contribution in [3.05, 3.63) is 398 Å². The largest absolute Gasteiger partial charge is 0.310 e. The third-order valence-electron chi connectivity index (χ3n) is 16.5. The van der Waals surface area contributed by atoms with E-state index in [2.05, 4.69) is 428 Å². The molecule has 96 heavy (non-hydrogen) atoms. The number of hydrogen-bond donors (Lipinski definition) is 0. The first kappa shape index (κ1) is 65.0. The molecule has 0 heterocycles. The summed E-state index contributed by atoms with van der Waals surface area (Å²) in [5, 5.41) is 9.89. The molecule has 16 rings (SSSR count). The summed E-state index contributed by atoms with van der Waals surface area (Å²) in [6.07, 6.45) is 0. The standard InChI is InChI=1S/C50H36N2.C18H14BrN.C14H8Br2.C6H4Br2/c1-5-21-39(22-6-1)51(40-23-7-2-8-24-40)43-29-17-19-37(35-43)49-45-31-13-15-33-47(45)50(48-34-16-14-32-46(48)49)38-20-18-30-44(36-38)52(41-25-9-3-10-26-41)42-27-11-4-12-28-42;19-15-8-7-13-18(14-15)20(16-9-3-1-4-10-16)17-11-5-2-6-12-17;15-13-9-5-1-2-6-10(9)14(16)12-8-4-3-7-11(12)13;7-5-2-1-3-6(8)4-5/h1-36H;1-14H;1-8H;1-4H. The normalized spacial score (nSPS) is 10.8. The van der Waals surface area contributed by atoms with Gasteiger partial charge in [0.1, 0.15) is 0 Å². The van der Waals surface area contributed by atoms with Gasteiger partial charge in [0.15, 0.2) is 0 Å². The number of anilines is 9. The molecule has 0 aliphatic rings. The molecule has 3 nitrogen and oxygen atoms in total. The lowest BCUT2D eigenvalue weighted by atomic mass is 9.85. The Bertz CT molecular complexity index is 4760. The fraction of sp³-hybridized carbons (Fsp3) is 0. The SMILES string of the molecule is Brc1c2ccccc2c(Br)c2ccccc12.Brc1cccc(Br)c1.Brc1cccc(N(c2ccccc2)c2ccccc2)c1.c1ccc(N(c2ccccc2)c2cccc(-c3c4ccccc4c(-c4cccc(N(c5ccccc5)c5ccccc5)c4)c4ccccc34)c2)cc1. The van der Waals surface area contributed by atoms with E-state index < -0.39 is 0 Å². The molecule has 0 aliphatic carbocycles. The maximum absolute atomic E-state index is 3.70. The molecule has 0 unspecified atom stereocenters. The smallest absolute Gasteiger partial charge is 0.0472 e. The molecule has 0 saturated heterocycles. The van der Waals surface area contributed by atoms with Crippen molar-refractivity contribution in [2.24, 2.45) is 0 Å². The maximum atomic E-state index is 3.70. The Morgan fingerprint density at radius 2 is 0.354 bits per heavy atom. The Kier molecular flexibility index (Phi) is 21.2. The number of benzene rings is 16. The lowest BCUT2D eigenvalue weighted by Gasteiger charge is -2.27. The molecule has 0 bridgehead atoms. The van der Waals surface area contributed by atoms with Crippen molar-refractivity contribution in [3.63, 3.8) is 0 Å². The summed E-state index contributed by atoms with van der Waals surface area (Å²) < 4.78 is 5.62. The van der Waals surface area contributed by atoms with Crippen LogP contribution in [0.25, 0.3) is 65.3 Å². The van der Waals surface area contributed by atoms with Gasteiger partial charge < -0.3 is 14.7 Å². The minimum absolute atomic E-state index is 1.08. The zero-order valence-electron chi connectivity index (χ0n) is 52.0. The van der Waals surface area contributed by atoms with Crippen molar-refractivity contribution < 1.29 is 0 Å². The summed E-state index contributed by atoms with van der Waals surface area (Å²) >= 11 is 17.6. The van der Waals surface area contributed by atoms with Crippen molar-refractivity contribution >= 4 is 174 Å². The van der Waals surface area contributed by atoms with Gasteiger partial charge in [-0.3, -0.25) is 0 Å².